The van der Waals surface area contributed by atoms with E-state index in [4.69, 9.17) is 4.74 Å². The molecule has 0 fully saturated rings. The van der Waals surface area contributed by atoms with Crippen LogP contribution in [0.25, 0.3) is 0 Å². The summed E-state index contributed by atoms with van der Waals surface area (Å²) < 4.78 is 5.70. The second-order valence-corrected chi connectivity index (χ2v) is 5.92. The average Bonchev–Trinajstić information content (AvgIpc) is 2.64. The van der Waals surface area contributed by atoms with Crippen molar-refractivity contribution in [1.29, 1.82) is 0 Å². The van der Waals surface area contributed by atoms with Crippen molar-refractivity contribution in [3.8, 4) is 11.5 Å². The van der Waals surface area contributed by atoms with Crippen LogP contribution < -0.4 is 10.1 Å². The Kier molecular flexibility index (Phi) is 5.14. The van der Waals surface area contributed by atoms with E-state index in [1.54, 1.807) is 24.3 Å². The molecule has 0 aliphatic heterocycles. The van der Waals surface area contributed by atoms with Crippen molar-refractivity contribution in [2.24, 2.45) is 11.8 Å². The highest BCUT2D eigenvalue weighted by molar-refractivity contribution is 5.95. The number of hydrogen-bond donors (Lipinski definition) is 2. The number of hydrogen-bond acceptors (Lipinski definition) is 3. The number of nitrogens with one attached hydrogen (secondary N) is 1. The highest BCUT2D eigenvalue weighted by Gasteiger charge is 2.33. The van der Waals surface area contributed by atoms with Crippen LogP contribution in [0.1, 0.15) is 12.8 Å². The predicted octanol–water partition coefficient (Wildman–Crippen LogP) is 4.08. The van der Waals surface area contributed by atoms with Crippen molar-refractivity contribution in [3.05, 3.63) is 66.7 Å². The highest BCUT2D eigenvalue weighted by atomic mass is 16.5. The number of rotatable bonds is 5. The zero-order valence-electron chi connectivity index (χ0n) is 13.6. The fourth-order valence-corrected chi connectivity index (χ4v) is 2.84. The summed E-state index contributed by atoms with van der Waals surface area (Å²) in [6, 6.07) is 16.4. The van der Waals surface area contributed by atoms with Crippen LogP contribution in [-0.2, 0) is 9.59 Å². The molecule has 5 nitrogen and oxygen atoms in total. The van der Waals surface area contributed by atoms with Crippen molar-refractivity contribution in [2.75, 3.05) is 5.32 Å². The van der Waals surface area contributed by atoms with E-state index in [2.05, 4.69) is 5.32 Å². The molecule has 1 amide bonds. The van der Waals surface area contributed by atoms with Crippen LogP contribution >= 0.6 is 0 Å². The van der Waals surface area contributed by atoms with Crippen molar-refractivity contribution in [1.82, 2.24) is 0 Å². The number of carbonyl (C=O) groups is 2. The largest absolute Gasteiger partial charge is 0.481 e. The topological polar surface area (TPSA) is 75.6 Å². The molecule has 3 rings (SSSR count). The van der Waals surface area contributed by atoms with Gasteiger partial charge in [-0.3, -0.25) is 9.59 Å². The van der Waals surface area contributed by atoms with Crippen LogP contribution in [0.5, 0.6) is 11.5 Å². The predicted molar refractivity (Wildman–Crippen MR) is 94.6 cm³/mol. The van der Waals surface area contributed by atoms with Crippen LogP contribution in [0.4, 0.5) is 5.69 Å². The van der Waals surface area contributed by atoms with E-state index in [0.717, 1.165) is 5.75 Å². The van der Waals surface area contributed by atoms with Crippen LogP contribution in [0.15, 0.2) is 66.7 Å². The third kappa shape index (κ3) is 4.26. The molecular weight excluding hydrogens is 318 g/mol. The van der Waals surface area contributed by atoms with Gasteiger partial charge < -0.3 is 15.2 Å². The molecular formula is C20H19NO4. The van der Waals surface area contributed by atoms with Gasteiger partial charge in [-0.05, 0) is 49.2 Å². The van der Waals surface area contributed by atoms with Crippen LogP contribution in [-0.4, -0.2) is 17.0 Å². The van der Waals surface area contributed by atoms with Crippen molar-refractivity contribution in [3.63, 3.8) is 0 Å². The Balaban J connectivity index is 1.63. The number of carboxylic acids is 1. The van der Waals surface area contributed by atoms with Gasteiger partial charge >= 0.3 is 5.97 Å². The third-order valence-corrected chi connectivity index (χ3v) is 4.19. The molecule has 0 radical (unpaired) electrons. The maximum atomic E-state index is 12.4. The van der Waals surface area contributed by atoms with E-state index in [-0.39, 0.29) is 5.91 Å². The van der Waals surface area contributed by atoms with Gasteiger partial charge in [0.25, 0.3) is 0 Å². The molecule has 0 heterocycles. The number of benzene rings is 2. The summed E-state index contributed by atoms with van der Waals surface area (Å²) in [5.41, 5.74) is 0.615. The molecule has 0 aromatic heterocycles. The summed E-state index contributed by atoms with van der Waals surface area (Å²) in [4.78, 5) is 23.7. The maximum Gasteiger partial charge on any atom is 0.307 e. The Morgan fingerprint density at radius 2 is 1.48 bits per heavy atom. The van der Waals surface area contributed by atoms with Crippen molar-refractivity contribution < 1.29 is 19.4 Å². The Morgan fingerprint density at radius 3 is 2.12 bits per heavy atom. The lowest BCUT2D eigenvalue weighted by Crippen LogP contribution is -2.34. The third-order valence-electron chi connectivity index (χ3n) is 4.19. The molecule has 1 aliphatic rings. The van der Waals surface area contributed by atoms with Crippen molar-refractivity contribution in [2.45, 2.75) is 12.8 Å². The van der Waals surface area contributed by atoms with Crippen LogP contribution in [0.2, 0.25) is 0 Å². The van der Waals surface area contributed by atoms with Gasteiger partial charge in [0.1, 0.15) is 11.5 Å². The minimum Gasteiger partial charge on any atom is -0.481 e. The SMILES string of the molecule is O=C(O)[C@H]1CC=CC[C@H]1C(=O)Nc1ccc(Oc2ccccc2)cc1. The summed E-state index contributed by atoms with van der Waals surface area (Å²) in [6.45, 7) is 0. The first-order chi connectivity index (χ1) is 12.1. The van der Waals surface area contributed by atoms with Gasteiger partial charge in [-0.1, -0.05) is 30.4 Å². The minimum absolute atomic E-state index is 0.270. The summed E-state index contributed by atoms with van der Waals surface area (Å²) in [5.74, 6) is -1.04. The highest BCUT2D eigenvalue weighted by Crippen LogP contribution is 2.28. The lowest BCUT2D eigenvalue weighted by molar-refractivity contribution is -0.146. The fraction of sp³-hybridized carbons (Fsp3) is 0.200. The Hall–Kier alpha value is -3.08. The van der Waals surface area contributed by atoms with Gasteiger partial charge in [0, 0.05) is 5.69 Å². The smallest absolute Gasteiger partial charge is 0.307 e. The number of para-hydroxylation sites is 1. The average molecular weight is 337 g/mol. The van der Waals surface area contributed by atoms with Gasteiger partial charge in [0.05, 0.1) is 11.8 Å². The van der Waals surface area contributed by atoms with Crippen LogP contribution in [0.3, 0.4) is 0 Å². The van der Waals surface area contributed by atoms with Gasteiger partial charge in [0.15, 0.2) is 0 Å². The molecule has 1 aliphatic carbocycles. The molecule has 0 saturated carbocycles. The maximum absolute atomic E-state index is 12.4. The molecule has 0 bridgehead atoms. The molecule has 0 unspecified atom stereocenters. The molecule has 128 valence electrons. The minimum atomic E-state index is -0.934. The van der Waals surface area contributed by atoms with E-state index >= 15 is 0 Å². The number of amides is 1. The first kappa shape index (κ1) is 16.8. The summed E-state index contributed by atoms with van der Waals surface area (Å²) in [5, 5.41) is 12.1. The summed E-state index contributed by atoms with van der Waals surface area (Å²) in [7, 11) is 0. The summed E-state index contributed by atoms with van der Waals surface area (Å²) in [6.07, 6.45) is 4.51. The van der Waals surface area contributed by atoms with E-state index < -0.39 is 17.8 Å². The lowest BCUT2D eigenvalue weighted by atomic mass is 9.82. The fourth-order valence-electron chi connectivity index (χ4n) is 2.84. The Labute approximate surface area is 145 Å². The molecule has 0 spiro atoms. The molecule has 2 N–H and O–H groups in total. The van der Waals surface area contributed by atoms with Crippen LogP contribution in [0, 0.1) is 11.8 Å². The van der Waals surface area contributed by atoms with Gasteiger partial charge in [-0.2, -0.15) is 0 Å². The summed E-state index contributed by atoms with van der Waals surface area (Å²) >= 11 is 0. The molecule has 25 heavy (non-hydrogen) atoms. The number of aliphatic carboxylic acids is 1. The lowest BCUT2D eigenvalue weighted by Gasteiger charge is -2.24. The number of ether oxygens (including phenoxy) is 1. The van der Waals surface area contributed by atoms with E-state index in [1.165, 1.54) is 0 Å². The number of carboxylic acid groups (broad SMARTS) is 1. The Morgan fingerprint density at radius 1 is 0.880 bits per heavy atom. The second-order valence-electron chi connectivity index (χ2n) is 5.92. The van der Waals surface area contributed by atoms with E-state index in [9.17, 15) is 14.7 Å². The van der Waals surface area contributed by atoms with E-state index in [0.29, 0.717) is 24.3 Å². The number of anilines is 1. The number of carbonyl (C=O) groups excluding carboxylic acids is 1. The Bertz CT molecular complexity index is 768. The molecule has 2 atom stereocenters. The molecule has 2 aromatic rings. The molecule has 5 heteroatoms. The standard InChI is InChI=1S/C20H19NO4/c22-19(17-8-4-5-9-18(17)20(23)24)21-14-10-12-16(13-11-14)25-15-6-2-1-3-7-15/h1-7,10-13,17-18H,8-9H2,(H,21,22)(H,23,24)/t17-,18+/m1/s1. The molecule has 0 saturated heterocycles. The second kappa shape index (κ2) is 7.66. The van der Waals surface area contributed by atoms with Gasteiger partial charge in [-0.15, -0.1) is 0 Å². The monoisotopic (exact) mass is 337 g/mol. The zero-order valence-corrected chi connectivity index (χ0v) is 13.6. The van der Waals surface area contributed by atoms with Gasteiger partial charge in [0.2, 0.25) is 5.91 Å². The number of allylic oxidation sites excluding steroid dienone is 2. The quantitative estimate of drug-likeness (QED) is 0.806. The van der Waals surface area contributed by atoms with E-state index in [1.807, 2.05) is 42.5 Å². The first-order valence-electron chi connectivity index (χ1n) is 8.15. The molecule has 2 aromatic carbocycles. The first-order valence-corrected chi connectivity index (χ1v) is 8.15. The normalized spacial score (nSPS) is 19.2. The zero-order chi connectivity index (χ0) is 17.6. The van der Waals surface area contributed by atoms with Crippen molar-refractivity contribution >= 4 is 17.6 Å². The van der Waals surface area contributed by atoms with Gasteiger partial charge in [-0.25, -0.2) is 0 Å².